The van der Waals surface area contributed by atoms with E-state index < -0.39 is 4.92 Å². The van der Waals surface area contributed by atoms with Crippen LogP contribution in [0.25, 0.3) is 0 Å². The maximum atomic E-state index is 11.9. The van der Waals surface area contributed by atoms with E-state index in [9.17, 15) is 14.9 Å². The van der Waals surface area contributed by atoms with Gasteiger partial charge < -0.3 is 10.6 Å². The summed E-state index contributed by atoms with van der Waals surface area (Å²) in [6.07, 6.45) is 0.445. The predicted octanol–water partition coefficient (Wildman–Crippen LogP) is 1.61. The Balaban J connectivity index is 1.89. The first-order chi connectivity index (χ1) is 10.1. The van der Waals surface area contributed by atoms with Crippen molar-refractivity contribution < 1.29 is 9.72 Å². The van der Waals surface area contributed by atoms with Gasteiger partial charge in [-0.05, 0) is 12.5 Å². The summed E-state index contributed by atoms with van der Waals surface area (Å²) in [6.45, 7) is 2.97. The van der Waals surface area contributed by atoms with E-state index in [0.29, 0.717) is 18.5 Å². The van der Waals surface area contributed by atoms with Crippen molar-refractivity contribution in [2.24, 2.45) is 0 Å². The smallest absolute Gasteiger partial charge is 0.272 e. The van der Waals surface area contributed by atoms with Crippen LogP contribution in [0.15, 0.2) is 18.2 Å². The lowest BCUT2D eigenvalue weighted by Crippen LogP contribution is -2.41. The number of nitrogens with zero attached hydrogens (tertiary/aromatic N) is 1. The molecule has 6 nitrogen and oxygen atoms in total. The molecule has 7 heteroatoms. The Kier molecular flexibility index (Phi) is 5.58. The fourth-order valence-corrected chi connectivity index (χ4v) is 3.25. The Morgan fingerprint density at radius 1 is 1.57 bits per heavy atom. The Labute approximate surface area is 127 Å². The van der Waals surface area contributed by atoms with Gasteiger partial charge in [0.05, 0.1) is 4.92 Å². The minimum Gasteiger partial charge on any atom is -0.352 e. The van der Waals surface area contributed by atoms with Crippen molar-refractivity contribution in [1.29, 1.82) is 0 Å². The summed E-state index contributed by atoms with van der Waals surface area (Å²) >= 11 is 1.85. The molecule has 0 saturated carbocycles. The first kappa shape index (κ1) is 15.8. The van der Waals surface area contributed by atoms with Crippen LogP contribution in [0.2, 0.25) is 0 Å². The monoisotopic (exact) mass is 309 g/mol. The first-order valence-corrected chi connectivity index (χ1v) is 8.04. The van der Waals surface area contributed by atoms with Crippen LogP contribution in [-0.4, -0.2) is 34.9 Å². The van der Waals surface area contributed by atoms with Crippen LogP contribution in [0, 0.1) is 17.0 Å². The third-order valence-electron chi connectivity index (χ3n) is 3.52. The number of carbonyl (C=O) groups is 1. The molecule has 0 aromatic heterocycles. The molecule has 1 unspecified atom stereocenters. The Morgan fingerprint density at radius 2 is 2.38 bits per heavy atom. The molecule has 1 aromatic carbocycles. The SMILES string of the molecule is Cc1c(CNC(=O)CC2CSCCN2)cccc1[N+](=O)[O-]. The number of thioether (sulfide) groups is 1. The lowest BCUT2D eigenvalue weighted by Gasteiger charge is -2.22. The summed E-state index contributed by atoms with van der Waals surface area (Å²) in [5.74, 6) is 2.01. The van der Waals surface area contributed by atoms with Crippen LogP contribution in [0.1, 0.15) is 17.5 Å². The van der Waals surface area contributed by atoms with Gasteiger partial charge in [0.1, 0.15) is 0 Å². The molecule has 114 valence electrons. The van der Waals surface area contributed by atoms with Gasteiger partial charge in [0, 0.05) is 48.7 Å². The molecular formula is C14H19N3O3S. The fourth-order valence-electron chi connectivity index (χ4n) is 2.30. The molecule has 2 rings (SSSR count). The van der Waals surface area contributed by atoms with Crippen molar-refractivity contribution in [1.82, 2.24) is 10.6 Å². The molecule has 1 aliphatic heterocycles. The molecule has 0 aliphatic carbocycles. The summed E-state index contributed by atoms with van der Waals surface area (Å²) in [5, 5.41) is 17.0. The highest BCUT2D eigenvalue weighted by Gasteiger charge is 2.17. The fraction of sp³-hybridized carbons (Fsp3) is 0.500. The van der Waals surface area contributed by atoms with E-state index in [1.807, 2.05) is 11.8 Å². The number of amides is 1. The second-order valence-electron chi connectivity index (χ2n) is 5.03. The van der Waals surface area contributed by atoms with Gasteiger partial charge in [-0.3, -0.25) is 14.9 Å². The maximum absolute atomic E-state index is 11.9. The largest absolute Gasteiger partial charge is 0.352 e. The van der Waals surface area contributed by atoms with Gasteiger partial charge in [0.15, 0.2) is 0 Å². The molecule has 2 N–H and O–H groups in total. The predicted molar refractivity (Wildman–Crippen MR) is 83.4 cm³/mol. The maximum Gasteiger partial charge on any atom is 0.272 e. The third kappa shape index (κ3) is 4.44. The van der Waals surface area contributed by atoms with Gasteiger partial charge >= 0.3 is 0 Å². The highest BCUT2D eigenvalue weighted by atomic mass is 32.2. The number of hydrogen-bond acceptors (Lipinski definition) is 5. The number of nitro benzene ring substituents is 1. The average molecular weight is 309 g/mol. The molecule has 1 fully saturated rings. The standard InChI is InChI=1S/C14H19N3O3S/c1-10-11(3-2-4-13(10)17(19)20)8-16-14(18)7-12-9-21-6-5-15-12/h2-4,12,15H,5-9H2,1H3,(H,16,18). The van der Waals surface area contributed by atoms with Crippen molar-refractivity contribution in [2.75, 3.05) is 18.1 Å². The number of benzene rings is 1. The van der Waals surface area contributed by atoms with Crippen molar-refractivity contribution in [3.8, 4) is 0 Å². The number of hydrogen-bond donors (Lipinski definition) is 2. The number of nitro groups is 1. The van der Waals surface area contributed by atoms with Crippen LogP contribution in [0.3, 0.4) is 0 Å². The highest BCUT2D eigenvalue weighted by molar-refractivity contribution is 7.99. The van der Waals surface area contributed by atoms with Crippen LogP contribution < -0.4 is 10.6 Å². The number of rotatable bonds is 5. The highest BCUT2D eigenvalue weighted by Crippen LogP contribution is 2.20. The summed E-state index contributed by atoms with van der Waals surface area (Å²) in [6, 6.07) is 5.14. The van der Waals surface area contributed by atoms with Gasteiger partial charge in [-0.15, -0.1) is 0 Å². The Bertz CT molecular complexity index is 530. The van der Waals surface area contributed by atoms with E-state index in [1.165, 1.54) is 6.07 Å². The van der Waals surface area contributed by atoms with Crippen LogP contribution >= 0.6 is 11.8 Å². The molecule has 1 aromatic rings. The van der Waals surface area contributed by atoms with E-state index in [2.05, 4.69) is 10.6 Å². The number of carbonyl (C=O) groups excluding carboxylic acids is 1. The van der Waals surface area contributed by atoms with Gasteiger partial charge in [0.2, 0.25) is 5.91 Å². The van der Waals surface area contributed by atoms with E-state index in [-0.39, 0.29) is 17.6 Å². The lowest BCUT2D eigenvalue weighted by molar-refractivity contribution is -0.385. The molecule has 1 heterocycles. The zero-order valence-electron chi connectivity index (χ0n) is 11.9. The molecule has 1 aliphatic rings. The van der Waals surface area contributed by atoms with Crippen LogP contribution in [-0.2, 0) is 11.3 Å². The van der Waals surface area contributed by atoms with Crippen molar-refractivity contribution >= 4 is 23.4 Å². The zero-order valence-corrected chi connectivity index (χ0v) is 12.7. The van der Waals surface area contributed by atoms with Gasteiger partial charge in [0.25, 0.3) is 5.69 Å². The summed E-state index contributed by atoms with van der Waals surface area (Å²) in [4.78, 5) is 22.4. The van der Waals surface area contributed by atoms with E-state index in [4.69, 9.17) is 0 Å². The molecule has 1 amide bonds. The zero-order chi connectivity index (χ0) is 15.2. The average Bonchev–Trinajstić information content (AvgIpc) is 2.47. The van der Waals surface area contributed by atoms with Crippen LogP contribution in [0.4, 0.5) is 5.69 Å². The molecule has 1 saturated heterocycles. The molecule has 1 atom stereocenters. The van der Waals surface area contributed by atoms with Crippen LogP contribution in [0.5, 0.6) is 0 Å². The molecule has 0 radical (unpaired) electrons. The Morgan fingerprint density at radius 3 is 3.05 bits per heavy atom. The van der Waals surface area contributed by atoms with Gasteiger partial charge in [-0.1, -0.05) is 12.1 Å². The number of nitrogens with one attached hydrogen (secondary N) is 2. The molecule has 21 heavy (non-hydrogen) atoms. The van der Waals surface area contributed by atoms with Gasteiger partial charge in [-0.2, -0.15) is 11.8 Å². The molecular weight excluding hydrogens is 290 g/mol. The van der Waals surface area contributed by atoms with E-state index in [1.54, 1.807) is 19.1 Å². The minimum atomic E-state index is -0.399. The Hall–Kier alpha value is -1.60. The lowest BCUT2D eigenvalue weighted by atomic mass is 10.1. The minimum absolute atomic E-state index is 0.0269. The molecule has 0 bridgehead atoms. The normalized spacial score (nSPS) is 18.2. The van der Waals surface area contributed by atoms with E-state index in [0.717, 1.165) is 23.6 Å². The summed E-state index contributed by atoms with van der Waals surface area (Å²) < 4.78 is 0. The third-order valence-corrected chi connectivity index (χ3v) is 4.65. The quantitative estimate of drug-likeness (QED) is 0.638. The van der Waals surface area contributed by atoms with Gasteiger partial charge in [-0.25, -0.2) is 0 Å². The second-order valence-corrected chi connectivity index (χ2v) is 6.18. The topological polar surface area (TPSA) is 84.3 Å². The van der Waals surface area contributed by atoms with Crippen molar-refractivity contribution in [2.45, 2.75) is 25.9 Å². The summed E-state index contributed by atoms with van der Waals surface area (Å²) in [7, 11) is 0. The first-order valence-electron chi connectivity index (χ1n) is 6.88. The second kappa shape index (κ2) is 7.42. The summed E-state index contributed by atoms with van der Waals surface area (Å²) in [5.41, 5.74) is 1.48. The van der Waals surface area contributed by atoms with Crippen molar-refractivity contribution in [3.63, 3.8) is 0 Å². The molecule has 0 spiro atoms. The van der Waals surface area contributed by atoms with E-state index >= 15 is 0 Å². The van der Waals surface area contributed by atoms with Crippen molar-refractivity contribution in [3.05, 3.63) is 39.4 Å².